The van der Waals surface area contributed by atoms with E-state index in [0.29, 0.717) is 12.8 Å². The fourth-order valence-corrected chi connectivity index (χ4v) is 1.51. The van der Waals surface area contributed by atoms with Crippen LogP contribution in [0.1, 0.15) is 33.6 Å². The zero-order chi connectivity index (χ0) is 14.3. The SMILES string of the molecule is C=C(C)C[C@@H](NC(=O)[C@@H](O)CC(C)C)C(=O)OC. The molecule has 0 spiro atoms. The van der Waals surface area contributed by atoms with Crippen LogP contribution in [0.3, 0.4) is 0 Å². The van der Waals surface area contributed by atoms with Crippen molar-refractivity contribution in [2.75, 3.05) is 7.11 Å². The molecule has 5 heteroatoms. The van der Waals surface area contributed by atoms with Crippen LogP contribution in [0.4, 0.5) is 0 Å². The molecule has 0 bridgehead atoms. The van der Waals surface area contributed by atoms with E-state index in [1.807, 2.05) is 13.8 Å². The molecule has 0 aromatic carbocycles. The lowest BCUT2D eigenvalue weighted by molar-refractivity contribution is -0.146. The zero-order valence-corrected chi connectivity index (χ0v) is 11.5. The molecule has 0 aromatic heterocycles. The van der Waals surface area contributed by atoms with Gasteiger partial charge in [-0.25, -0.2) is 4.79 Å². The van der Waals surface area contributed by atoms with Crippen molar-refractivity contribution in [3.05, 3.63) is 12.2 Å². The van der Waals surface area contributed by atoms with Crippen LogP contribution in [0.15, 0.2) is 12.2 Å². The van der Waals surface area contributed by atoms with Crippen molar-refractivity contribution in [1.29, 1.82) is 0 Å². The summed E-state index contributed by atoms with van der Waals surface area (Å²) in [6.45, 7) is 9.26. The topological polar surface area (TPSA) is 75.6 Å². The van der Waals surface area contributed by atoms with Gasteiger partial charge in [0.15, 0.2) is 0 Å². The lowest BCUT2D eigenvalue weighted by Crippen LogP contribution is -2.46. The van der Waals surface area contributed by atoms with Gasteiger partial charge in [0.2, 0.25) is 5.91 Å². The minimum atomic E-state index is -1.11. The van der Waals surface area contributed by atoms with Crippen molar-refractivity contribution in [2.24, 2.45) is 5.92 Å². The van der Waals surface area contributed by atoms with Crippen LogP contribution >= 0.6 is 0 Å². The molecule has 0 aliphatic rings. The first-order valence-electron chi connectivity index (χ1n) is 5.98. The first kappa shape index (κ1) is 16.6. The summed E-state index contributed by atoms with van der Waals surface area (Å²) in [5, 5.41) is 12.1. The van der Waals surface area contributed by atoms with E-state index in [2.05, 4.69) is 16.6 Å². The van der Waals surface area contributed by atoms with E-state index < -0.39 is 24.0 Å². The maximum atomic E-state index is 11.7. The molecule has 1 amide bonds. The summed E-state index contributed by atoms with van der Waals surface area (Å²) >= 11 is 0. The number of hydrogen-bond acceptors (Lipinski definition) is 4. The van der Waals surface area contributed by atoms with Gasteiger partial charge in [0.05, 0.1) is 7.11 Å². The van der Waals surface area contributed by atoms with E-state index in [9.17, 15) is 14.7 Å². The summed E-state index contributed by atoms with van der Waals surface area (Å²) in [7, 11) is 1.25. The van der Waals surface area contributed by atoms with Gasteiger partial charge in [-0.1, -0.05) is 19.4 Å². The van der Waals surface area contributed by atoms with Crippen molar-refractivity contribution < 1.29 is 19.4 Å². The lowest BCUT2D eigenvalue weighted by atomic mass is 10.0. The number of rotatable bonds is 7. The number of amides is 1. The van der Waals surface area contributed by atoms with Gasteiger partial charge in [-0.15, -0.1) is 6.58 Å². The highest BCUT2D eigenvalue weighted by atomic mass is 16.5. The van der Waals surface area contributed by atoms with Gasteiger partial charge in [-0.2, -0.15) is 0 Å². The molecule has 18 heavy (non-hydrogen) atoms. The molecule has 0 unspecified atom stereocenters. The molecule has 0 aromatic rings. The average Bonchev–Trinajstić information content (AvgIpc) is 2.25. The van der Waals surface area contributed by atoms with Crippen molar-refractivity contribution in [3.63, 3.8) is 0 Å². The van der Waals surface area contributed by atoms with Gasteiger partial charge in [0.25, 0.3) is 0 Å². The fraction of sp³-hybridized carbons (Fsp3) is 0.692. The zero-order valence-electron chi connectivity index (χ0n) is 11.5. The van der Waals surface area contributed by atoms with Gasteiger partial charge in [0, 0.05) is 0 Å². The van der Waals surface area contributed by atoms with Crippen molar-refractivity contribution >= 4 is 11.9 Å². The highest BCUT2D eigenvalue weighted by Crippen LogP contribution is 2.07. The first-order chi connectivity index (χ1) is 8.27. The summed E-state index contributed by atoms with van der Waals surface area (Å²) in [5.41, 5.74) is 0.754. The third-order valence-electron chi connectivity index (χ3n) is 2.35. The standard InChI is InChI=1S/C13H23NO4/c1-8(2)6-10(13(17)18-5)14-12(16)11(15)7-9(3)4/h9-11,15H,1,6-7H2,2-5H3,(H,14,16)/t10-,11+/m1/s1. The minimum Gasteiger partial charge on any atom is -0.467 e. The molecule has 0 aliphatic heterocycles. The Hall–Kier alpha value is -1.36. The Morgan fingerprint density at radius 3 is 2.33 bits per heavy atom. The Morgan fingerprint density at radius 2 is 1.94 bits per heavy atom. The second kappa shape index (κ2) is 7.87. The summed E-state index contributed by atoms with van der Waals surface area (Å²) in [6.07, 6.45) is -0.457. The second-order valence-electron chi connectivity index (χ2n) is 4.89. The summed E-state index contributed by atoms with van der Waals surface area (Å²) in [5.74, 6) is -0.896. The van der Waals surface area contributed by atoms with E-state index in [4.69, 9.17) is 0 Å². The van der Waals surface area contributed by atoms with E-state index in [1.165, 1.54) is 7.11 Å². The highest BCUT2D eigenvalue weighted by Gasteiger charge is 2.25. The van der Waals surface area contributed by atoms with Crippen LogP contribution in [0, 0.1) is 5.92 Å². The van der Waals surface area contributed by atoms with E-state index >= 15 is 0 Å². The number of esters is 1. The third-order valence-corrected chi connectivity index (χ3v) is 2.35. The number of aliphatic hydroxyl groups is 1. The Balaban J connectivity index is 4.52. The number of methoxy groups -OCH3 is 1. The minimum absolute atomic E-state index is 0.198. The summed E-state index contributed by atoms with van der Waals surface area (Å²) < 4.78 is 4.60. The van der Waals surface area contributed by atoms with Gasteiger partial charge in [0.1, 0.15) is 12.1 Å². The first-order valence-corrected chi connectivity index (χ1v) is 5.98. The van der Waals surface area contributed by atoms with Crippen LogP contribution in [0.5, 0.6) is 0 Å². The Kier molecular flexibility index (Phi) is 7.27. The Labute approximate surface area is 108 Å². The van der Waals surface area contributed by atoms with Crippen LogP contribution in [-0.2, 0) is 14.3 Å². The number of nitrogens with one attached hydrogen (secondary N) is 1. The lowest BCUT2D eigenvalue weighted by Gasteiger charge is -2.19. The predicted octanol–water partition coefficient (Wildman–Crippen LogP) is 1.02. The van der Waals surface area contributed by atoms with Gasteiger partial charge in [-0.05, 0) is 25.7 Å². The molecule has 0 saturated carbocycles. The van der Waals surface area contributed by atoms with Crippen LogP contribution in [0.25, 0.3) is 0 Å². The van der Waals surface area contributed by atoms with Gasteiger partial charge < -0.3 is 15.2 Å². The number of hydrogen-bond donors (Lipinski definition) is 2. The third kappa shape index (κ3) is 6.39. The van der Waals surface area contributed by atoms with Crippen LogP contribution in [-0.4, -0.2) is 36.2 Å². The fourth-order valence-electron chi connectivity index (χ4n) is 1.51. The van der Waals surface area contributed by atoms with Crippen molar-refractivity contribution in [1.82, 2.24) is 5.32 Å². The number of carbonyl (C=O) groups excluding carboxylic acids is 2. The van der Waals surface area contributed by atoms with Crippen LogP contribution < -0.4 is 5.32 Å². The average molecular weight is 257 g/mol. The monoisotopic (exact) mass is 257 g/mol. The molecule has 5 nitrogen and oxygen atoms in total. The molecule has 0 saturated heterocycles. The molecular formula is C13H23NO4. The van der Waals surface area contributed by atoms with Crippen molar-refractivity contribution in [3.8, 4) is 0 Å². The van der Waals surface area contributed by atoms with E-state index in [1.54, 1.807) is 6.92 Å². The van der Waals surface area contributed by atoms with E-state index in [-0.39, 0.29) is 5.92 Å². The maximum Gasteiger partial charge on any atom is 0.328 e. The van der Waals surface area contributed by atoms with E-state index in [0.717, 1.165) is 5.57 Å². The molecule has 0 rings (SSSR count). The molecule has 104 valence electrons. The quantitative estimate of drug-likeness (QED) is 0.527. The maximum absolute atomic E-state index is 11.7. The molecule has 2 atom stereocenters. The Bertz CT molecular complexity index is 312. The number of carbonyl (C=O) groups is 2. The number of aliphatic hydroxyl groups excluding tert-OH is 1. The second-order valence-corrected chi connectivity index (χ2v) is 4.89. The molecular weight excluding hydrogens is 234 g/mol. The van der Waals surface area contributed by atoms with Crippen molar-refractivity contribution in [2.45, 2.75) is 45.8 Å². The van der Waals surface area contributed by atoms with Gasteiger partial charge in [-0.3, -0.25) is 4.79 Å². The predicted molar refractivity (Wildman–Crippen MR) is 68.8 cm³/mol. The smallest absolute Gasteiger partial charge is 0.328 e. The largest absolute Gasteiger partial charge is 0.467 e. The number of ether oxygens (including phenoxy) is 1. The molecule has 0 radical (unpaired) electrons. The molecule has 0 aliphatic carbocycles. The molecule has 0 heterocycles. The van der Waals surface area contributed by atoms with Crippen LogP contribution in [0.2, 0.25) is 0 Å². The highest BCUT2D eigenvalue weighted by molar-refractivity contribution is 5.86. The Morgan fingerprint density at radius 1 is 1.39 bits per heavy atom. The summed E-state index contributed by atoms with van der Waals surface area (Å²) in [4.78, 5) is 23.2. The normalized spacial score (nSPS) is 13.9. The van der Waals surface area contributed by atoms with Gasteiger partial charge >= 0.3 is 5.97 Å². The molecule has 0 fully saturated rings. The summed E-state index contributed by atoms with van der Waals surface area (Å²) in [6, 6.07) is -0.790. The molecule has 2 N–H and O–H groups in total.